The molecular weight excluding hydrogens is 282 g/mol. The zero-order chi connectivity index (χ0) is 16.1. The summed E-state index contributed by atoms with van der Waals surface area (Å²) in [6.07, 6.45) is 0. The van der Waals surface area contributed by atoms with Crippen molar-refractivity contribution in [1.29, 1.82) is 0 Å². The van der Waals surface area contributed by atoms with Crippen LogP contribution in [0, 0.1) is 0 Å². The van der Waals surface area contributed by atoms with Crippen LogP contribution in [-0.2, 0) is 4.74 Å². The second kappa shape index (κ2) is 6.80. The number of hydrogen-bond donors (Lipinski definition) is 1. The van der Waals surface area contributed by atoms with E-state index < -0.39 is 5.97 Å². The fourth-order valence-corrected chi connectivity index (χ4v) is 1.77. The number of carbonyl (C=O) groups excluding carboxylic acids is 2. The van der Waals surface area contributed by atoms with Gasteiger partial charge in [0.05, 0.1) is 18.4 Å². The Labute approximate surface area is 128 Å². The molecule has 0 atom stereocenters. The summed E-state index contributed by atoms with van der Waals surface area (Å²) in [6, 6.07) is 9.83. The Hall–Kier alpha value is -2.76. The fourth-order valence-electron chi connectivity index (χ4n) is 1.77. The number of aromatic nitrogens is 2. The van der Waals surface area contributed by atoms with Crippen molar-refractivity contribution in [2.45, 2.75) is 19.8 Å². The molecule has 1 N–H and O–H groups in total. The predicted molar refractivity (Wildman–Crippen MR) is 81.9 cm³/mol. The van der Waals surface area contributed by atoms with Gasteiger partial charge < -0.3 is 10.1 Å². The molecule has 0 aliphatic rings. The zero-order valence-electron chi connectivity index (χ0n) is 12.7. The highest BCUT2D eigenvalue weighted by atomic mass is 16.5. The molecule has 114 valence electrons. The third-order valence-corrected chi connectivity index (χ3v) is 3.07. The van der Waals surface area contributed by atoms with Crippen LogP contribution in [0.4, 0.5) is 5.69 Å². The number of amides is 1. The van der Waals surface area contributed by atoms with Crippen LogP contribution >= 0.6 is 0 Å². The first-order valence-corrected chi connectivity index (χ1v) is 6.84. The largest absolute Gasteiger partial charge is 0.465 e. The lowest BCUT2D eigenvalue weighted by molar-refractivity contribution is 0.0600. The van der Waals surface area contributed by atoms with E-state index in [2.05, 4.69) is 20.3 Å². The van der Waals surface area contributed by atoms with Gasteiger partial charge in [-0.05, 0) is 42.3 Å². The van der Waals surface area contributed by atoms with E-state index in [1.807, 2.05) is 13.8 Å². The Morgan fingerprint density at radius 3 is 2.23 bits per heavy atom. The van der Waals surface area contributed by atoms with Crippen molar-refractivity contribution >= 4 is 17.6 Å². The second-order valence-electron chi connectivity index (χ2n) is 5.02. The molecule has 1 aromatic heterocycles. The number of nitrogens with one attached hydrogen (secondary N) is 1. The van der Waals surface area contributed by atoms with Crippen LogP contribution in [0.15, 0.2) is 36.4 Å². The number of esters is 1. The lowest BCUT2D eigenvalue weighted by Gasteiger charge is -2.06. The van der Waals surface area contributed by atoms with Crippen molar-refractivity contribution in [2.75, 3.05) is 12.4 Å². The van der Waals surface area contributed by atoms with E-state index in [1.54, 1.807) is 36.4 Å². The lowest BCUT2D eigenvalue weighted by Crippen LogP contribution is -2.15. The van der Waals surface area contributed by atoms with Crippen molar-refractivity contribution in [3.8, 4) is 0 Å². The minimum absolute atomic E-state index is 0.237. The third kappa shape index (κ3) is 3.66. The van der Waals surface area contributed by atoms with Gasteiger partial charge in [0.25, 0.3) is 5.91 Å². The summed E-state index contributed by atoms with van der Waals surface area (Å²) in [5, 5.41) is 10.6. The van der Waals surface area contributed by atoms with Gasteiger partial charge in [0, 0.05) is 5.69 Å². The highest BCUT2D eigenvalue weighted by molar-refractivity contribution is 6.03. The summed E-state index contributed by atoms with van der Waals surface area (Å²) >= 11 is 0. The summed E-state index contributed by atoms with van der Waals surface area (Å²) in [6.45, 7) is 4.01. The van der Waals surface area contributed by atoms with Gasteiger partial charge in [0.15, 0.2) is 5.69 Å². The van der Waals surface area contributed by atoms with Gasteiger partial charge in [-0.3, -0.25) is 4.79 Å². The topological polar surface area (TPSA) is 81.2 Å². The Bertz CT molecular complexity index is 664. The number of nitrogens with zero attached hydrogens (tertiary/aromatic N) is 2. The van der Waals surface area contributed by atoms with Crippen molar-refractivity contribution in [1.82, 2.24) is 10.2 Å². The summed E-state index contributed by atoms with van der Waals surface area (Å²) in [4.78, 5) is 23.4. The molecule has 22 heavy (non-hydrogen) atoms. The molecular formula is C16H17N3O3. The molecule has 0 bridgehead atoms. The molecule has 1 amide bonds. The predicted octanol–water partition coefficient (Wildman–Crippen LogP) is 2.64. The van der Waals surface area contributed by atoms with Crippen LogP contribution in [0.3, 0.4) is 0 Å². The quantitative estimate of drug-likeness (QED) is 0.878. The first-order valence-electron chi connectivity index (χ1n) is 6.84. The van der Waals surface area contributed by atoms with Crippen LogP contribution < -0.4 is 5.32 Å². The van der Waals surface area contributed by atoms with Crippen LogP contribution in [0.1, 0.15) is 46.3 Å². The molecule has 1 aromatic carbocycles. The minimum Gasteiger partial charge on any atom is -0.465 e. The lowest BCUT2D eigenvalue weighted by atomic mass is 10.1. The van der Waals surface area contributed by atoms with Gasteiger partial charge in [0.2, 0.25) is 0 Å². The molecule has 0 saturated heterocycles. The SMILES string of the molecule is COC(=O)c1ccc(NC(=O)c2ccc(C(C)C)nn2)cc1. The molecule has 0 aliphatic carbocycles. The first kappa shape index (κ1) is 15.6. The molecule has 0 unspecified atom stereocenters. The third-order valence-electron chi connectivity index (χ3n) is 3.07. The molecule has 0 spiro atoms. The Morgan fingerprint density at radius 2 is 1.73 bits per heavy atom. The van der Waals surface area contributed by atoms with E-state index in [1.165, 1.54) is 7.11 Å². The first-order chi connectivity index (χ1) is 10.5. The number of ether oxygens (including phenoxy) is 1. The summed E-state index contributed by atoms with van der Waals surface area (Å²) in [5.74, 6) is -0.517. The van der Waals surface area contributed by atoms with Crippen LogP contribution in [-0.4, -0.2) is 29.2 Å². The molecule has 6 heteroatoms. The van der Waals surface area contributed by atoms with E-state index >= 15 is 0 Å². The number of anilines is 1. The van der Waals surface area contributed by atoms with E-state index in [9.17, 15) is 9.59 Å². The molecule has 2 aromatic rings. The smallest absolute Gasteiger partial charge is 0.337 e. The van der Waals surface area contributed by atoms with E-state index in [4.69, 9.17) is 0 Å². The summed E-state index contributed by atoms with van der Waals surface area (Å²) in [5.41, 5.74) is 2.05. The molecule has 2 rings (SSSR count). The number of methoxy groups -OCH3 is 1. The molecule has 0 aliphatic heterocycles. The monoisotopic (exact) mass is 299 g/mol. The number of rotatable bonds is 4. The zero-order valence-corrected chi connectivity index (χ0v) is 12.7. The highest BCUT2D eigenvalue weighted by Crippen LogP contribution is 2.13. The molecule has 6 nitrogen and oxygen atoms in total. The summed E-state index contributed by atoms with van der Waals surface area (Å²) < 4.78 is 4.61. The van der Waals surface area contributed by atoms with E-state index in [0.717, 1.165) is 5.69 Å². The molecule has 0 radical (unpaired) electrons. The minimum atomic E-state index is -0.423. The molecule has 0 saturated carbocycles. The maximum absolute atomic E-state index is 12.1. The van der Waals surface area contributed by atoms with Crippen molar-refractivity contribution in [3.05, 3.63) is 53.3 Å². The highest BCUT2D eigenvalue weighted by Gasteiger charge is 2.11. The van der Waals surface area contributed by atoms with Gasteiger partial charge in [-0.15, -0.1) is 5.10 Å². The fraction of sp³-hybridized carbons (Fsp3) is 0.250. The van der Waals surface area contributed by atoms with Gasteiger partial charge >= 0.3 is 5.97 Å². The van der Waals surface area contributed by atoms with Crippen LogP contribution in [0.5, 0.6) is 0 Å². The van der Waals surface area contributed by atoms with E-state index in [0.29, 0.717) is 11.3 Å². The van der Waals surface area contributed by atoms with Crippen molar-refractivity contribution in [3.63, 3.8) is 0 Å². The normalized spacial score (nSPS) is 10.4. The standard InChI is InChI=1S/C16H17N3O3/c1-10(2)13-8-9-14(19-18-13)15(20)17-12-6-4-11(5-7-12)16(21)22-3/h4-10H,1-3H3,(H,17,20). The van der Waals surface area contributed by atoms with Crippen LogP contribution in [0.2, 0.25) is 0 Å². The van der Waals surface area contributed by atoms with Crippen molar-refractivity contribution < 1.29 is 14.3 Å². The van der Waals surface area contributed by atoms with Gasteiger partial charge in [-0.25, -0.2) is 4.79 Å². The Balaban J connectivity index is 2.06. The maximum Gasteiger partial charge on any atom is 0.337 e. The average molecular weight is 299 g/mol. The maximum atomic E-state index is 12.1. The number of carbonyl (C=O) groups is 2. The van der Waals surface area contributed by atoms with Gasteiger partial charge in [-0.2, -0.15) is 5.10 Å². The second-order valence-corrected chi connectivity index (χ2v) is 5.02. The summed E-state index contributed by atoms with van der Waals surface area (Å²) in [7, 11) is 1.32. The molecule has 0 fully saturated rings. The number of benzene rings is 1. The Kier molecular flexibility index (Phi) is 4.83. The van der Waals surface area contributed by atoms with Gasteiger partial charge in [-0.1, -0.05) is 13.8 Å². The average Bonchev–Trinajstić information content (AvgIpc) is 2.54. The van der Waals surface area contributed by atoms with E-state index in [-0.39, 0.29) is 17.5 Å². The molecule has 1 heterocycles. The number of hydrogen-bond acceptors (Lipinski definition) is 5. The Morgan fingerprint density at radius 1 is 1.05 bits per heavy atom. The van der Waals surface area contributed by atoms with Crippen LogP contribution in [0.25, 0.3) is 0 Å². The van der Waals surface area contributed by atoms with Crippen molar-refractivity contribution in [2.24, 2.45) is 0 Å². The van der Waals surface area contributed by atoms with Gasteiger partial charge in [0.1, 0.15) is 0 Å².